The second-order valence-corrected chi connectivity index (χ2v) is 5.40. The summed E-state index contributed by atoms with van der Waals surface area (Å²) in [6.07, 6.45) is 0.0375. The highest BCUT2D eigenvalue weighted by atomic mass is 19.1. The molecule has 22 heavy (non-hydrogen) atoms. The summed E-state index contributed by atoms with van der Waals surface area (Å²) in [5.74, 6) is -1.21. The molecule has 0 saturated carbocycles. The number of carbonyl (C=O) groups is 2. The van der Waals surface area contributed by atoms with Crippen LogP contribution in [0.15, 0.2) is 18.2 Å². The monoisotopic (exact) mass is 310 g/mol. The molecular weight excluding hydrogens is 291 g/mol. The maximum absolute atomic E-state index is 13.6. The van der Waals surface area contributed by atoms with E-state index in [9.17, 15) is 14.0 Å². The van der Waals surface area contributed by atoms with Gasteiger partial charge in [0.15, 0.2) is 17.2 Å². The number of primary amides is 1. The molecule has 1 fully saturated rings. The number of nitrogens with two attached hydrogens (primary N) is 1. The zero-order chi connectivity index (χ0) is 16.3. The van der Waals surface area contributed by atoms with Gasteiger partial charge in [0.05, 0.1) is 26.7 Å². The molecule has 7 heteroatoms. The molecule has 0 aromatic heterocycles. The molecule has 1 atom stereocenters. The number of ether oxygens (including phenoxy) is 2. The van der Waals surface area contributed by atoms with Crippen molar-refractivity contribution in [1.82, 2.24) is 4.90 Å². The van der Waals surface area contributed by atoms with Crippen LogP contribution in [0.4, 0.5) is 4.39 Å². The Morgan fingerprint density at radius 2 is 2.23 bits per heavy atom. The topological polar surface area (TPSA) is 81.9 Å². The summed E-state index contributed by atoms with van der Waals surface area (Å²) < 4.78 is 23.8. The van der Waals surface area contributed by atoms with Crippen molar-refractivity contribution in [2.45, 2.75) is 18.9 Å². The Labute approximate surface area is 128 Å². The van der Waals surface area contributed by atoms with Crippen molar-refractivity contribution >= 4 is 11.8 Å². The molecule has 1 aliphatic rings. The van der Waals surface area contributed by atoms with Gasteiger partial charge in [0.2, 0.25) is 5.91 Å². The largest absolute Gasteiger partial charge is 0.494 e. The molecule has 1 aromatic rings. The van der Waals surface area contributed by atoms with Crippen molar-refractivity contribution in [3.05, 3.63) is 29.6 Å². The van der Waals surface area contributed by atoms with Crippen LogP contribution in [0.5, 0.6) is 5.75 Å². The lowest BCUT2D eigenvalue weighted by Gasteiger charge is -2.38. The Balaban J connectivity index is 2.06. The first-order chi connectivity index (χ1) is 10.4. The number of methoxy groups -OCH3 is 1. The van der Waals surface area contributed by atoms with Crippen molar-refractivity contribution in [2.24, 2.45) is 5.73 Å². The lowest BCUT2D eigenvalue weighted by molar-refractivity contribution is -0.160. The number of carbonyl (C=O) groups excluding carboxylic acids is 2. The summed E-state index contributed by atoms with van der Waals surface area (Å²) in [5.41, 5.74) is 4.66. The third kappa shape index (κ3) is 3.36. The fraction of sp³-hybridized carbons (Fsp3) is 0.467. The molecule has 0 radical (unpaired) electrons. The van der Waals surface area contributed by atoms with Crippen LogP contribution in [0.1, 0.15) is 12.5 Å². The zero-order valence-electron chi connectivity index (χ0n) is 12.6. The number of benzene rings is 1. The maximum Gasteiger partial charge on any atom is 0.251 e. The van der Waals surface area contributed by atoms with E-state index in [0.717, 1.165) is 0 Å². The summed E-state index contributed by atoms with van der Waals surface area (Å²) in [5, 5.41) is 0. The standard InChI is InChI=1S/C15H19FN2O4/c1-15(14(17)20)9-18(5-6-22-15)13(19)8-10-3-4-12(21-2)11(16)7-10/h3-4,7H,5-6,8-9H2,1-2H3,(H2,17,20)/t15-/m1/s1. The first kappa shape index (κ1) is 16.2. The van der Waals surface area contributed by atoms with Crippen molar-refractivity contribution < 1.29 is 23.5 Å². The minimum atomic E-state index is -1.18. The fourth-order valence-corrected chi connectivity index (χ4v) is 2.34. The van der Waals surface area contributed by atoms with E-state index < -0.39 is 17.3 Å². The summed E-state index contributed by atoms with van der Waals surface area (Å²) in [6, 6.07) is 4.38. The number of halogens is 1. The Morgan fingerprint density at radius 1 is 1.50 bits per heavy atom. The van der Waals surface area contributed by atoms with E-state index in [1.54, 1.807) is 13.0 Å². The molecule has 6 nitrogen and oxygen atoms in total. The summed E-state index contributed by atoms with van der Waals surface area (Å²) in [7, 11) is 1.38. The van der Waals surface area contributed by atoms with Gasteiger partial charge in [-0.25, -0.2) is 4.39 Å². The number of hydrogen-bond donors (Lipinski definition) is 1. The molecule has 0 spiro atoms. The van der Waals surface area contributed by atoms with E-state index >= 15 is 0 Å². The maximum atomic E-state index is 13.6. The van der Waals surface area contributed by atoms with Gasteiger partial charge in [0.25, 0.3) is 5.91 Å². The van der Waals surface area contributed by atoms with Gasteiger partial charge in [-0.3, -0.25) is 9.59 Å². The number of rotatable bonds is 4. The highest BCUT2D eigenvalue weighted by molar-refractivity contribution is 5.85. The fourth-order valence-electron chi connectivity index (χ4n) is 2.34. The zero-order valence-corrected chi connectivity index (χ0v) is 12.6. The van der Waals surface area contributed by atoms with Gasteiger partial charge < -0.3 is 20.1 Å². The summed E-state index contributed by atoms with van der Waals surface area (Å²) in [4.78, 5) is 25.2. The van der Waals surface area contributed by atoms with E-state index in [1.807, 2.05) is 0 Å². The first-order valence-electron chi connectivity index (χ1n) is 6.90. The van der Waals surface area contributed by atoms with Crippen LogP contribution in [-0.4, -0.2) is 49.1 Å². The first-order valence-corrected chi connectivity index (χ1v) is 6.90. The summed E-state index contributed by atoms with van der Waals surface area (Å²) in [6.45, 7) is 2.27. The molecule has 1 saturated heterocycles. The second-order valence-electron chi connectivity index (χ2n) is 5.40. The Bertz CT molecular complexity index is 593. The van der Waals surface area contributed by atoms with E-state index in [1.165, 1.54) is 24.1 Å². The van der Waals surface area contributed by atoms with Gasteiger partial charge in [-0.15, -0.1) is 0 Å². The van der Waals surface area contributed by atoms with Gasteiger partial charge in [0, 0.05) is 6.54 Å². The van der Waals surface area contributed by atoms with Gasteiger partial charge in [0.1, 0.15) is 0 Å². The molecule has 2 rings (SSSR count). The average molecular weight is 310 g/mol. The molecule has 1 aliphatic heterocycles. The highest BCUT2D eigenvalue weighted by Gasteiger charge is 2.39. The molecular formula is C15H19FN2O4. The van der Waals surface area contributed by atoms with E-state index in [0.29, 0.717) is 12.1 Å². The predicted molar refractivity (Wildman–Crippen MR) is 76.8 cm³/mol. The number of amides is 2. The molecule has 0 aliphatic carbocycles. The van der Waals surface area contributed by atoms with Crippen molar-refractivity contribution in [2.75, 3.05) is 26.8 Å². The highest BCUT2D eigenvalue weighted by Crippen LogP contribution is 2.20. The van der Waals surface area contributed by atoms with Crippen molar-refractivity contribution in [3.8, 4) is 5.75 Å². The third-order valence-electron chi connectivity index (χ3n) is 3.72. The smallest absolute Gasteiger partial charge is 0.251 e. The van der Waals surface area contributed by atoms with Gasteiger partial charge in [-0.1, -0.05) is 6.07 Å². The molecule has 1 aromatic carbocycles. The Morgan fingerprint density at radius 3 is 2.82 bits per heavy atom. The Hall–Kier alpha value is -2.15. The van der Waals surface area contributed by atoms with Crippen LogP contribution in [-0.2, 0) is 20.7 Å². The number of hydrogen-bond acceptors (Lipinski definition) is 4. The van der Waals surface area contributed by atoms with Gasteiger partial charge >= 0.3 is 0 Å². The van der Waals surface area contributed by atoms with Crippen LogP contribution >= 0.6 is 0 Å². The van der Waals surface area contributed by atoms with E-state index in [2.05, 4.69) is 0 Å². The minimum Gasteiger partial charge on any atom is -0.494 e. The molecule has 1 heterocycles. The van der Waals surface area contributed by atoms with Gasteiger partial charge in [-0.05, 0) is 24.6 Å². The number of morpholine rings is 1. The molecule has 0 unspecified atom stereocenters. The second kappa shape index (κ2) is 6.31. The molecule has 2 amide bonds. The SMILES string of the molecule is COc1ccc(CC(=O)N2CCO[C@@](C)(C(N)=O)C2)cc1F. The predicted octanol–water partition coefficient (Wildman–Crippen LogP) is 0.480. The lowest BCUT2D eigenvalue weighted by atomic mass is 10.0. The van der Waals surface area contributed by atoms with Crippen LogP contribution in [0, 0.1) is 5.82 Å². The average Bonchev–Trinajstić information content (AvgIpc) is 2.47. The molecule has 120 valence electrons. The van der Waals surface area contributed by atoms with Crippen LogP contribution in [0.2, 0.25) is 0 Å². The van der Waals surface area contributed by atoms with Crippen molar-refractivity contribution in [1.29, 1.82) is 0 Å². The summed E-state index contributed by atoms with van der Waals surface area (Å²) >= 11 is 0. The van der Waals surface area contributed by atoms with Crippen LogP contribution in [0.3, 0.4) is 0 Å². The molecule has 2 N–H and O–H groups in total. The Kier molecular flexibility index (Phi) is 4.65. The lowest BCUT2D eigenvalue weighted by Crippen LogP contribution is -2.58. The van der Waals surface area contributed by atoms with Crippen LogP contribution in [0.25, 0.3) is 0 Å². The normalized spacial score (nSPS) is 21.5. The van der Waals surface area contributed by atoms with Crippen LogP contribution < -0.4 is 10.5 Å². The van der Waals surface area contributed by atoms with Crippen molar-refractivity contribution in [3.63, 3.8) is 0 Å². The van der Waals surface area contributed by atoms with E-state index in [-0.39, 0.29) is 31.2 Å². The molecule has 0 bridgehead atoms. The number of nitrogens with zero attached hydrogens (tertiary/aromatic N) is 1. The van der Waals surface area contributed by atoms with Gasteiger partial charge in [-0.2, -0.15) is 0 Å². The van der Waals surface area contributed by atoms with E-state index in [4.69, 9.17) is 15.2 Å². The third-order valence-corrected chi connectivity index (χ3v) is 3.72. The quantitative estimate of drug-likeness (QED) is 0.877. The minimum absolute atomic E-state index is 0.0375.